The number of hydrogen-bond acceptors (Lipinski definition) is 7. The summed E-state index contributed by atoms with van der Waals surface area (Å²) in [5.41, 5.74) is 0.165. The van der Waals surface area contributed by atoms with Crippen LogP contribution in [0, 0.1) is 11.3 Å². The van der Waals surface area contributed by atoms with Crippen LogP contribution in [0.1, 0.15) is 22.8 Å². The Bertz CT molecular complexity index is 957. The Kier molecular flexibility index (Phi) is 5.56. The van der Waals surface area contributed by atoms with Gasteiger partial charge in [-0.05, 0) is 30.5 Å². The first-order valence-electron chi connectivity index (χ1n) is 7.02. The molecule has 0 aliphatic heterocycles. The van der Waals surface area contributed by atoms with Crippen molar-refractivity contribution in [2.45, 2.75) is 17.9 Å². The van der Waals surface area contributed by atoms with E-state index in [2.05, 4.69) is 5.32 Å². The second kappa shape index (κ2) is 7.46. The molecule has 0 bridgehead atoms. The summed E-state index contributed by atoms with van der Waals surface area (Å²) < 4.78 is 28.5. The maximum absolute atomic E-state index is 12.2. The highest BCUT2D eigenvalue weighted by atomic mass is 32.2. The molecule has 1 amide bonds. The number of rotatable bonds is 5. The number of ether oxygens (including phenoxy) is 1. The molecule has 1 aromatic heterocycles. The Balaban J connectivity index is 2.13. The first-order valence-corrected chi connectivity index (χ1v) is 9.79. The summed E-state index contributed by atoms with van der Waals surface area (Å²) in [7, 11) is -3.62. The number of hydrogen-bond donors (Lipinski definition) is 1. The summed E-state index contributed by atoms with van der Waals surface area (Å²) in [6, 6.07) is 9.09. The fraction of sp³-hybridized carbons (Fsp3) is 0.188. The van der Waals surface area contributed by atoms with Gasteiger partial charge in [0.15, 0.2) is 15.9 Å². The number of carbonyl (C=O) groups is 2. The highest BCUT2D eigenvalue weighted by molar-refractivity contribution is 7.90. The van der Waals surface area contributed by atoms with Crippen molar-refractivity contribution in [3.8, 4) is 6.07 Å². The molecule has 0 radical (unpaired) electrons. The molecule has 1 atom stereocenters. The lowest BCUT2D eigenvalue weighted by Crippen LogP contribution is -2.30. The molecular weight excluding hydrogens is 364 g/mol. The fourth-order valence-corrected chi connectivity index (χ4v) is 3.56. The Hall–Kier alpha value is -2.70. The molecule has 1 heterocycles. The number of benzene rings is 1. The highest BCUT2D eigenvalue weighted by Gasteiger charge is 2.24. The van der Waals surface area contributed by atoms with Gasteiger partial charge in [-0.2, -0.15) is 5.26 Å². The quantitative estimate of drug-likeness (QED) is 0.798. The third kappa shape index (κ3) is 4.43. The topological polar surface area (TPSA) is 113 Å². The third-order valence-corrected chi connectivity index (χ3v) is 5.17. The number of amides is 1. The lowest BCUT2D eigenvalue weighted by atomic mass is 10.2. The highest BCUT2D eigenvalue weighted by Crippen LogP contribution is 2.23. The predicted molar refractivity (Wildman–Crippen MR) is 92.1 cm³/mol. The lowest BCUT2D eigenvalue weighted by molar-refractivity contribution is -0.123. The van der Waals surface area contributed by atoms with Gasteiger partial charge in [0.1, 0.15) is 11.1 Å². The van der Waals surface area contributed by atoms with Gasteiger partial charge < -0.3 is 10.1 Å². The van der Waals surface area contributed by atoms with Crippen molar-refractivity contribution in [2.75, 3.05) is 11.6 Å². The first-order chi connectivity index (χ1) is 11.7. The predicted octanol–water partition coefficient (Wildman–Crippen LogP) is 2.21. The summed E-state index contributed by atoms with van der Waals surface area (Å²) >= 11 is 1.17. The van der Waals surface area contributed by atoms with Gasteiger partial charge in [0, 0.05) is 6.26 Å². The van der Waals surface area contributed by atoms with Crippen molar-refractivity contribution in [2.24, 2.45) is 0 Å². The van der Waals surface area contributed by atoms with E-state index in [1.165, 1.54) is 42.5 Å². The third-order valence-electron chi connectivity index (χ3n) is 3.18. The Labute approximate surface area is 148 Å². The van der Waals surface area contributed by atoms with Gasteiger partial charge in [0.05, 0.1) is 16.0 Å². The summed E-state index contributed by atoms with van der Waals surface area (Å²) in [5, 5.41) is 13.4. The second-order valence-electron chi connectivity index (χ2n) is 5.08. The van der Waals surface area contributed by atoms with Gasteiger partial charge in [-0.25, -0.2) is 13.2 Å². The second-order valence-corrected chi connectivity index (χ2v) is 7.98. The van der Waals surface area contributed by atoms with Gasteiger partial charge in [-0.15, -0.1) is 11.3 Å². The van der Waals surface area contributed by atoms with Gasteiger partial charge in [-0.3, -0.25) is 4.79 Å². The van der Waals surface area contributed by atoms with Crippen molar-refractivity contribution >= 4 is 38.1 Å². The summed E-state index contributed by atoms with van der Waals surface area (Å²) in [6.07, 6.45) is -0.191. The average molecular weight is 378 g/mol. The molecule has 7 nitrogen and oxygen atoms in total. The number of sulfone groups is 1. The number of nitriles is 1. The molecule has 130 valence electrons. The van der Waals surface area contributed by atoms with Crippen LogP contribution in [0.15, 0.2) is 40.6 Å². The van der Waals surface area contributed by atoms with Crippen LogP contribution in [0.4, 0.5) is 5.00 Å². The Morgan fingerprint density at radius 2 is 1.96 bits per heavy atom. The van der Waals surface area contributed by atoms with Gasteiger partial charge in [0.25, 0.3) is 5.91 Å². The van der Waals surface area contributed by atoms with Crippen molar-refractivity contribution in [1.82, 2.24) is 0 Å². The van der Waals surface area contributed by atoms with E-state index < -0.39 is 27.8 Å². The van der Waals surface area contributed by atoms with E-state index in [9.17, 15) is 18.0 Å². The molecule has 0 saturated carbocycles. The zero-order valence-corrected chi connectivity index (χ0v) is 15.0. The van der Waals surface area contributed by atoms with Crippen molar-refractivity contribution in [3.63, 3.8) is 0 Å². The minimum Gasteiger partial charge on any atom is -0.449 e. The van der Waals surface area contributed by atoms with Crippen LogP contribution in [0.25, 0.3) is 0 Å². The number of esters is 1. The van der Waals surface area contributed by atoms with Gasteiger partial charge in [-0.1, -0.05) is 12.1 Å². The lowest BCUT2D eigenvalue weighted by Gasteiger charge is -2.14. The zero-order chi connectivity index (χ0) is 18.6. The normalized spacial score (nSPS) is 12.0. The molecule has 1 unspecified atom stereocenters. The number of anilines is 1. The fourth-order valence-electron chi connectivity index (χ4n) is 1.94. The molecule has 0 aliphatic carbocycles. The molecule has 9 heteroatoms. The molecule has 1 N–H and O–H groups in total. The van der Waals surface area contributed by atoms with Crippen LogP contribution in [-0.2, 0) is 19.4 Å². The number of carbonyl (C=O) groups excluding carboxylic acids is 2. The first kappa shape index (κ1) is 18.6. The van der Waals surface area contributed by atoms with E-state index in [0.29, 0.717) is 10.6 Å². The van der Waals surface area contributed by atoms with Gasteiger partial charge in [0.2, 0.25) is 0 Å². The SMILES string of the molecule is CC(OC(=O)c1ccccc1S(C)(=O)=O)C(=O)Nc1sccc1C#N. The number of nitrogens with one attached hydrogen (secondary N) is 1. The van der Waals surface area contributed by atoms with E-state index in [0.717, 1.165) is 6.26 Å². The van der Waals surface area contributed by atoms with Crippen LogP contribution in [-0.4, -0.2) is 32.7 Å². The molecule has 0 fully saturated rings. The summed E-state index contributed by atoms with van der Waals surface area (Å²) in [5.74, 6) is -1.54. The Morgan fingerprint density at radius 3 is 2.60 bits per heavy atom. The maximum atomic E-state index is 12.2. The zero-order valence-electron chi connectivity index (χ0n) is 13.3. The molecule has 1 aromatic carbocycles. The van der Waals surface area contributed by atoms with Gasteiger partial charge >= 0.3 is 5.97 Å². The molecule has 0 saturated heterocycles. The Morgan fingerprint density at radius 1 is 1.28 bits per heavy atom. The van der Waals surface area contributed by atoms with Crippen LogP contribution >= 0.6 is 11.3 Å². The molecule has 2 aromatic rings. The molecule has 25 heavy (non-hydrogen) atoms. The smallest absolute Gasteiger partial charge is 0.340 e. The molecular formula is C16H14N2O5S2. The molecule has 0 spiro atoms. The van der Waals surface area contributed by atoms with Crippen molar-refractivity contribution < 1.29 is 22.7 Å². The standard InChI is InChI=1S/C16H14N2O5S2/c1-10(14(19)18-15-11(9-17)7-8-24-15)23-16(20)12-5-3-4-6-13(12)25(2,21)22/h3-8,10H,1-2H3,(H,18,19). The van der Waals surface area contributed by atoms with E-state index in [-0.39, 0.29) is 10.5 Å². The largest absolute Gasteiger partial charge is 0.449 e. The monoisotopic (exact) mass is 378 g/mol. The van der Waals surface area contributed by atoms with Crippen LogP contribution < -0.4 is 5.32 Å². The van der Waals surface area contributed by atoms with E-state index in [1.807, 2.05) is 6.07 Å². The van der Waals surface area contributed by atoms with Crippen LogP contribution in [0.5, 0.6) is 0 Å². The minimum absolute atomic E-state index is 0.140. The molecule has 2 rings (SSSR count). The number of nitrogens with zero attached hydrogens (tertiary/aromatic N) is 1. The average Bonchev–Trinajstić information content (AvgIpc) is 3.01. The van der Waals surface area contributed by atoms with Crippen LogP contribution in [0.2, 0.25) is 0 Å². The van der Waals surface area contributed by atoms with Crippen molar-refractivity contribution in [1.29, 1.82) is 5.26 Å². The van der Waals surface area contributed by atoms with E-state index in [4.69, 9.17) is 10.00 Å². The van der Waals surface area contributed by atoms with E-state index >= 15 is 0 Å². The summed E-state index contributed by atoms with van der Waals surface area (Å²) in [4.78, 5) is 24.2. The summed E-state index contributed by atoms with van der Waals surface area (Å²) in [6.45, 7) is 1.36. The number of thiophene rings is 1. The van der Waals surface area contributed by atoms with E-state index in [1.54, 1.807) is 11.4 Å². The maximum Gasteiger partial charge on any atom is 0.340 e. The van der Waals surface area contributed by atoms with Crippen molar-refractivity contribution in [3.05, 3.63) is 46.8 Å². The van der Waals surface area contributed by atoms with Crippen LogP contribution in [0.3, 0.4) is 0 Å². The molecule has 0 aliphatic rings. The minimum atomic E-state index is -3.62.